The molecule has 0 unspecified atom stereocenters. The van der Waals surface area contributed by atoms with Crippen LogP contribution in [-0.4, -0.2) is 16.9 Å². The van der Waals surface area contributed by atoms with Crippen LogP contribution in [0.1, 0.15) is 97.8 Å². The van der Waals surface area contributed by atoms with E-state index in [1.165, 1.54) is 71.6 Å². The molecule has 20 heavy (non-hydrogen) atoms. The van der Waals surface area contributed by atoms with Crippen molar-refractivity contribution >= 4 is 11.8 Å². The number of rotatable bonds is 12. The number of unbranched alkanes of at least 4 members (excludes halogenated alkanes) is 10. The third-order valence-corrected chi connectivity index (χ3v) is 2.99. The molecular formula is C17H34O3. The van der Waals surface area contributed by atoms with Crippen LogP contribution in [-0.2, 0) is 9.59 Å². The fourth-order valence-corrected chi connectivity index (χ4v) is 1.94. The first kappa shape index (κ1) is 21.4. The van der Waals surface area contributed by atoms with Gasteiger partial charge in [0.15, 0.2) is 0 Å². The van der Waals surface area contributed by atoms with Gasteiger partial charge < -0.3 is 9.90 Å². The molecule has 0 aliphatic heterocycles. The number of carboxylic acid groups (broad SMARTS) is 1. The Kier molecular flexibility index (Phi) is 19.4. The van der Waals surface area contributed by atoms with E-state index in [9.17, 15) is 9.59 Å². The first-order valence-corrected chi connectivity index (χ1v) is 8.19. The van der Waals surface area contributed by atoms with Gasteiger partial charge in [-0.2, -0.15) is 0 Å². The summed E-state index contributed by atoms with van der Waals surface area (Å²) in [5.74, 6) is -0.490. The van der Waals surface area contributed by atoms with Gasteiger partial charge in [-0.3, -0.25) is 4.79 Å². The lowest BCUT2D eigenvalue weighted by molar-refractivity contribution is -0.137. The molecule has 0 fully saturated rings. The van der Waals surface area contributed by atoms with Crippen LogP contribution in [0.25, 0.3) is 0 Å². The number of hydrogen-bond acceptors (Lipinski definition) is 2. The van der Waals surface area contributed by atoms with Gasteiger partial charge in [0.1, 0.15) is 5.78 Å². The number of aliphatic carboxylic acids is 1. The number of Topliss-reactive ketones (excluding diaryl/α,β-unsaturated/α-hetero) is 1. The minimum Gasteiger partial charge on any atom is -0.481 e. The Labute approximate surface area is 125 Å². The molecule has 3 nitrogen and oxygen atoms in total. The van der Waals surface area contributed by atoms with Crippen LogP contribution in [0.2, 0.25) is 0 Å². The van der Waals surface area contributed by atoms with Crippen LogP contribution in [0, 0.1) is 0 Å². The molecule has 0 atom stereocenters. The predicted molar refractivity (Wildman–Crippen MR) is 85.1 cm³/mol. The van der Waals surface area contributed by atoms with Crippen LogP contribution in [0.3, 0.4) is 0 Å². The zero-order chi connectivity index (χ0) is 15.6. The van der Waals surface area contributed by atoms with Crippen LogP contribution in [0.4, 0.5) is 0 Å². The van der Waals surface area contributed by atoms with Crippen LogP contribution in [0.15, 0.2) is 0 Å². The average molecular weight is 286 g/mol. The number of ketones is 1. The molecular weight excluding hydrogens is 252 g/mol. The van der Waals surface area contributed by atoms with Crippen molar-refractivity contribution < 1.29 is 14.7 Å². The molecule has 3 heteroatoms. The van der Waals surface area contributed by atoms with E-state index >= 15 is 0 Å². The van der Waals surface area contributed by atoms with E-state index < -0.39 is 5.97 Å². The molecule has 0 aromatic rings. The summed E-state index contributed by atoms with van der Waals surface area (Å²) < 4.78 is 0. The molecule has 0 aliphatic rings. The second-order valence-corrected chi connectivity index (χ2v) is 5.59. The number of hydrogen-bond donors (Lipinski definition) is 1. The second-order valence-electron chi connectivity index (χ2n) is 5.59. The zero-order valence-electron chi connectivity index (χ0n) is 13.7. The van der Waals surface area contributed by atoms with Gasteiger partial charge in [-0.05, 0) is 20.3 Å². The highest BCUT2D eigenvalue weighted by Crippen LogP contribution is 2.11. The molecule has 0 heterocycles. The van der Waals surface area contributed by atoms with Crippen LogP contribution < -0.4 is 0 Å². The van der Waals surface area contributed by atoms with Crippen molar-refractivity contribution in [2.45, 2.75) is 97.8 Å². The first-order valence-electron chi connectivity index (χ1n) is 8.19. The zero-order valence-corrected chi connectivity index (χ0v) is 13.7. The lowest BCUT2D eigenvalue weighted by atomic mass is 10.1. The van der Waals surface area contributed by atoms with Gasteiger partial charge in [0.25, 0.3) is 0 Å². The maximum Gasteiger partial charge on any atom is 0.303 e. The van der Waals surface area contributed by atoms with Crippen molar-refractivity contribution in [3.63, 3.8) is 0 Å². The molecule has 0 aromatic carbocycles. The third-order valence-electron chi connectivity index (χ3n) is 2.99. The molecule has 0 rings (SSSR count). The van der Waals surface area contributed by atoms with E-state index in [0.717, 1.165) is 12.8 Å². The van der Waals surface area contributed by atoms with E-state index in [4.69, 9.17) is 5.11 Å². The van der Waals surface area contributed by atoms with Crippen molar-refractivity contribution in [3.05, 3.63) is 0 Å². The summed E-state index contributed by atoms with van der Waals surface area (Å²) in [5.41, 5.74) is 0. The summed E-state index contributed by atoms with van der Waals surface area (Å²) in [6.07, 6.45) is 14.4. The topological polar surface area (TPSA) is 54.4 Å². The summed E-state index contributed by atoms with van der Waals surface area (Å²) in [5, 5.41) is 8.46. The van der Waals surface area contributed by atoms with Gasteiger partial charge >= 0.3 is 5.97 Å². The highest BCUT2D eigenvalue weighted by atomic mass is 16.4. The molecule has 0 spiro atoms. The predicted octanol–water partition coefficient (Wildman–Crippen LogP) is 5.37. The molecule has 0 aliphatic carbocycles. The molecule has 0 saturated heterocycles. The van der Waals surface area contributed by atoms with Crippen molar-refractivity contribution in [1.29, 1.82) is 0 Å². The molecule has 0 radical (unpaired) electrons. The quantitative estimate of drug-likeness (QED) is 0.491. The monoisotopic (exact) mass is 286 g/mol. The first-order chi connectivity index (χ1) is 9.50. The van der Waals surface area contributed by atoms with Crippen molar-refractivity contribution in [2.75, 3.05) is 0 Å². The summed E-state index contributed by atoms with van der Waals surface area (Å²) in [7, 11) is 0. The SMILES string of the molecule is CC(C)=O.CCCCCCCCCCCCCC(=O)O. The van der Waals surface area contributed by atoms with E-state index in [2.05, 4.69) is 6.92 Å². The summed E-state index contributed by atoms with van der Waals surface area (Å²) in [6, 6.07) is 0. The van der Waals surface area contributed by atoms with Gasteiger partial charge in [-0.1, -0.05) is 71.1 Å². The largest absolute Gasteiger partial charge is 0.481 e. The molecule has 0 bridgehead atoms. The number of carboxylic acids is 1. The van der Waals surface area contributed by atoms with E-state index in [-0.39, 0.29) is 5.78 Å². The molecule has 1 N–H and O–H groups in total. The highest BCUT2D eigenvalue weighted by Gasteiger charge is 1.96. The lowest BCUT2D eigenvalue weighted by Gasteiger charge is -2.01. The van der Waals surface area contributed by atoms with Crippen molar-refractivity contribution in [3.8, 4) is 0 Å². The Balaban J connectivity index is 0. The Morgan fingerprint density at radius 2 is 1.00 bits per heavy atom. The minimum absolute atomic E-state index is 0.167. The fraction of sp³-hybridized carbons (Fsp3) is 0.882. The van der Waals surface area contributed by atoms with Crippen LogP contribution >= 0.6 is 0 Å². The lowest BCUT2D eigenvalue weighted by Crippen LogP contribution is -1.93. The maximum absolute atomic E-state index is 10.3. The molecule has 0 aromatic heterocycles. The molecule has 0 saturated carbocycles. The smallest absolute Gasteiger partial charge is 0.303 e. The second kappa shape index (κ2) is 18.1. The summed E-state index contributed by atoms with van der Waals surface area (Å²) in [6.45, 7) is 5.30. The fourth-order valence-electron chi connectivity index (χ4n) is 1.94. The van der Waals surface area contributed by atoms with Crippen LogP contribution in [0.5, 0.6) is 0 Å². The Bertz CT molecular complexity index is 220. The minimum atomic E-state index is -0.657. The molecule has 0 amide bonds. The van der Waals surface area contributed by atoms with Crippen molar-refractivity contribution in [1.82, 2.24) is 0 Å². The Morgan fingerprint density at radius 1 is 0.700 bits per heavy atom. The summed E-state index contributed by atoms with van der Waals surface area (Å²) in [4.78, 5) is 19.7. The van der Waals surface area contributed by atoms with Gasteiger partial charge in [-0.25, -0.2) is 0 Å². The van der Waals surface area contributed by atoms with Gasteiger partial charge in [0.05, 0.1) is 0 Å². The highest BCUT2D eigenvalue weighted by molar-refractivity contribution is 5.72. The summed E-state index contributed by atoms with van der Waals surface area (Å²) >= 11 is 0. The number of carbonyl (C=O) groups excluding carboxylic acids is 1. The van der Waals surface area contributed by atoms with Gasteiger partial charge in [0.2, 0.25) is 0 Å². The van der Waals surface area contributed by atoms with Gasteiger partial charge in [-0.15, -0.1) is 0 Å². The van der Waals surface area contributed by atoms with E-state index in [1.807, 2.05) is 0 Å². The Morgan fingerprint density at radius 3 is 1.30 bits per heavy atom. The third kappa shape index (κ3) is 30.3. The standard InChI is InChI=1S/C14H28O2.C3H6O/c1-2-3-4-5-6-7-8-9-10-11-12-13-14(15)16;1-3(2)4/h2-13H2,1H3,(H,15,16);1-2H3. The Hall–Kier alpha value is -0.860. The number of carbonyl (C=O) groups is 2. The van der Waals surface area contributed by atoms with Gasteiger partial charge in [0, 0.05) is 6.42 Å². The maximum atomic E-state index is 10.3. The van der Waals surface area contributed by atoms with E-state index in [1.54, 1.807) is 0 Å². The normalized spacial score (nSPS) is 9.75. The van der Waals surface area contributed by atoms with E-state index in [0.29, 0.717) is 6.42 Å². The van der Waals surface area contributed by atoms with Crippen molar-refractivity contribution in [2.24, 2.45) is 0 Å². The molecule has 120 valence electrons. The average Bonchev–Trinajstić information content (AvgIpc) is 2.35.